The van der Waals surface area contributed by atoms with Crippen molar-refractivity contribution in [2.24, 2.45) is 0 Å². The van der Waals surface area contributed by atoms with Crippen LogP contribution in [-0.2, 0) is 19.5 Å². The summed E-state index contributed by atoms with van der Waals surface area (Å²) in [5.41, 5.74) is 5.55. The summed E-state index contributed by atoms with van der Waals surface area (Å²) >= 11 is 0. The highest BCUT2D eigenvalue weighted by Crippen LogP contribution is 2.32. The van der Waals surface area contributed by atoms with E-state index in [-0.39, 0.29) is 5.56 Å². The number of nitrogens with zero attached hydrogens (tertiary/aromatic N) is 8. The van der Waals surface area contributed by atoms with Crippen LogP contribution in [0.5, 0.6) is 0 Å². The van der Waals surface area contributed by atoms with Crippen molar-refractivity contribution in [2.75, 3.05) is 22.9 Å². The van der Waals surface area contributed by atoms with Crippen LogP contribution in [0.4, 0.5) is 17.3 Å². The Hall–Kier alpha value is -3.75. The summed E-state index contributed by atoms with van der Waals surface area (Å²) in [5.74, 6) is 1.93. The van der Waals surface area contributed by atoms with E-state index < -0.39 is 0 Å². The minimum atomic E-state index is -0.156. The molecule has 2 aliphatic rings. The van der Waals surface area contributed by atoms with Gasteiger partial charge in [-0.2, -0.15) is 9.61 Å². The molecule has 4 aromatic rings. The number of fused-ring (bicyclic) bond motifs is 3. The zero-order valence-electron chi connectivity index (χ0n) is 18.2. The van der Waals surface area contributed by atoms with E-state index in [0.29, 0.717) is 17.9 Å². The first-order chi connectivity index (χ1) is 15.6. The number of hydrogen-bond donors (Lipinski definition) is 0. The Labute approximate surface area is 184 Å². The van der Waals surface area contributed by atoms with E-state index in [2.05, 4.69) is 37.1 Å². The molecule has 0 fully saturated rings. The molecule has 0 atom stereocenters. The normalized spacial score (nSPS) is 15.7. The molecule has 0 aliphatic carbocycles. The maximum Gasteiger partial charge on any atom is 0.274 e. The van der Waals surface area contributed by atoms with Gasteiger partial charge in [-0.05, 0) is 43.5 Å². The quantitative estimate of drug-likeness (QED) is 0.485. The Kier molecular flexibility index (Phi) is 4.24. The summed E-state index contributed by atoms with van der Waals surface area (Å²) in [5, 5.41) is 9.10. The van der Waals surface area contributed by atoms with E-state index in [1.165, 1.54) is 16.1 Å². The predicted octanol–water partition coefficient (Wildman–Crippen LogP) is 2.40. The lowest BCUT2D eigenvalue weighted by molar-refractivity contribution is 0.541. The SMILES string of the molecule is Cc1cc(=O)n2nc(N3CCc4ncc(N5CCCn6nccc65)cc4C3)c(C)cc2n1. The third kappa shape index (κ3) is 3.04. The molecule has 4 aromatic heterocycles. The maximum absolute atomic E-state index is 12.5. The highest BCUT2D eigenvalue weighted by molar-refractivity contribution is 5.62. The van der Waals surface area contributed by atoms with Crippen LogP contribution in [0, 0.1) is 13.8 Å². The van der Waals surface area contributed by atoms with Crippen molar-refractivity contribution in [3.8, 4) is 0 Å². The molecule has 9 nitrogen and oxygen atoms in total. The predicted molar refractivity (Wildman–Crippen MR) is 122 cm³/mol. The topological polar surface area (TPSA) is 84.5 Å². The second-order valence-corrected chi connectivity index (χ2v) is 8.55. The van der Waals surface area contributed by atoms with Gasteiger partial charge in [-0.15, -0.1) is 5.10 Å². The third-order valence-corrected chi connectivity index (χ3v) is 6.30. The number of aromatic nitrogens is 6. The molecule has 0 radical (unpaired) electrons. The molecule has 0 aromatic carbocycles. The van der Waals surface area contributed by atoms with Crippen molar-refractivity contribution in [3.05, 3.63) is 69.5 Å². The van der Waals surface area contributed by atoms with E-state index in [9.17, 15) is 4.79 Å². The van der Waals surface area contributed by atoms with Crippen molar-refractivity contribution < 1.29 is 0 Å². The fourth-order valence-electron chi connectivity index (χ4n) is 4.78. The van der Waals surface area contributed by atoms with Gasteiger partial charge in [0.05, 0.1) is 18.1 Å². The van der Waals surface area contributed by atoms with Gasteiger partial charge in [0.2, 0.25) is 0 Å². The van der Waals surface area contributed by atoms with Gasteiger partial charge in [0, 0.05) is 56.1 Å². The Bertz CT molecular complexity index is 1410. The molecule has 162 valence electrons. The van der Waals surface area contributed by atoms with Crippen molar-refractivity contribution in [2.45, 2.75) is 39.8 Å². The van der Waals surface area contributed by atoms with E-state index >= 15 is 0 Å². The van der Waals surface area contributed by atoms with E-state index in [1.54, 1.807) is 0 Å². The van der Waals surface area contributed by atoms with Crippen molar-refractivity contribution in [1.29, 1.82) is 0 Å². The molecule has 6 rings (SSSR count). The summed E-state index contributed by atoms with van der Waals surface area (Å²) in [6.07, 6.45) is 5.73. The average Bonchev–Trinajstić information content (AvgIpc) is 3.27. The number of aryl methyl sites for hydroxylation is 3. The first kappa shape index (κ1) is 19.0. The molecular weight excluding hydrogens is 404 g/mol. The highest BCUT2D eigenvalue weighted by Gasteiger charge is 2.24. The van der Waals surface area contributed by atoms with E-state index in [0.717, 1.165) is 61.1 Å². The molecule has 0 unspecified atom stereocenters. The summed E-state index contributed by atoms with van der Waals surface area (Å²) in [7, 11) is 0. The monoisotopic (exact) mass is 428 g/mol. The van der Waals surface area contributed by atoms with Crippen LogP contribution < -0.4 is 15.4 Å². The van der Waals surface area contributed by atoms with Crippen LogP contribution in [0.3, 0.4) is 0 Å². The van der Waals surface area contributed by atoms with Gasteiger partial charge in [0.1, 0.15) is 5.82 Å². The molecule has 9 heteroatoms. The second kappa shape index (κ2) is 7.15. The number of hydrogen-bond acceptors (Lipinski definition) is 7. The minimum Gasteiger partial charge on any atom is -0.350 e. The van der Waals surface area contributed by atoms with Crippen molar-refractivity contribution in [3.63, 3.8) is 0 Å². The van der Waals surface area contributed by atoms with E-state index in [1.807, 2.05) is 37.0 Å². The van der Waals surface area contributed by atoms with Crippen molar-refractivity contribution in [1.82, 2.24) is 29.4 Å². The fourth-order valence-corrected chi connectivity index (χ4v) is 4.78. The first-order valence-electron chi connectivity index (χ1n) is 11.0. The molecule has 0 amide bonds. The summed E-state index contributed by atoms with van der Waals surface area (Å²) < 4.78 is 3.44. The summed E-state index contributed by atoms with van der Waals surface area (Å²) in [4.78, 5) is 26.2. The van der Waals surface area contributed by atoms with Crippen molar-refractivity contribution >= 4 is 23.0 Å². The summed E-state index contributed by atoms with van der Waals surface area (Å²) in [6, 6.07) is 7.76. The van der Waals surface area contributed by atoms with Crippen LogP contribution in [0.25, 0.3) is 5.65 Å². The lowest BCUT2D eigenvalue weighted by atomic mass is 10.0. The largest absolute Gasteiger partial charge is 0.350 e. The highest BCUT2D eigenvalue weighted by atomic mass is 16.1. The lowest BCUT2D eigenvalue weighted by Crippen LogP contribution is -2.34. The van der Waals surface area contributed by atoms with Gasteiger partial charge in [-0.3, -0.25) is 9.78 Å². The Morgan fingerprint density at radius 2 is 1.97 bits per heavy atom. The van der Waals surface area contributed by atoms with Gasteiger partial charge in [0.25, 0.3) is 5.56 Å². The molecular formula is C23H24N8O. The number of rotatable bonds is 2. The lowest BCUT2D eigenvalue weighted by Gasteiger charge is -2.33. The van der Waals surface area contributed by atoms with Gasteiger partial charge in [-0.1, -0.05) is 0 Å². The smallest absolute Gasteiger partial charge is 0.274 e. The zero-order valence-corrected chi connectivity index (χ0v) is 18.2. The van der Waals surface area contributed by atoms with Gasteiger partial charge >= 0.3 is 0 Å². The number of pyridine rings is 1. The summed E-state index contributed by atoms with van der Waals surface area (Å²) in [6.45, 7) is 7.27. The molecule has 0 N–H and O–H groups in total. The van der Waals surface area contributed by atoms with Crippen LogP contribution >= 0.6 is 0 Å². The fraction of sp³-hybridized carbons (Fsp3) is 0.348. The van der Waals surface area contributed by atoms with Gasteiger partial charge in [-0.25, -0.2) is 9.67 Å². The van der Waals surface area contributed by atoms with Crippen LogP contribution in [0.1, 0.15) is 28.9 Å². The molecule has 32 heavy (non-hydrogen) atoms. The zero-order chi connectivity index (χ0) is 21.8. The number of anilines is 3. The third-order valence-electron chi connectivity index (χ3n) is 6.30. The van der Waals surface area contributed by atoms with Gasteiger partial charge in [0.15, 0.2) is 11.5 Å². The van der Waals surface area contributed by atoms with Crippen LogP contribution in [0.15, 0.2) is 41.5 Å². The standard InChI is InChI=1S/C23H24N8O/c1-15-10-20-26-16(2)11-22(32)31(20)27-23(15)28-9-5-19-17(14-28)12-18(13-24-19)29-7-3-8-30-21(29)4-6-25-30/h4,6,10-13H,3,5,7-9,14H2,1-2H3. The second-order valence-electron chi connectivity index (χ2n) is 8.55. The molecule has 2 aliphatic heterocycles. The van der Waals surface area contributed by atoms with Gasteiger partial charge < -0.3 is 9.80 Å². The Balaban J connectivity index is 1.36. The minimum absolute atomic E-state index is 0.156. The molecule has 0 saturated carbocycles. The van der Waals surface area contributed by atoms with E-state index in [4.69, 9.17) is 4.98 Å². The van der Waals surface area contributed by atoms with Crippen LogP contribution in [0.2, 0.25) is 0 Å². The average molecular weight is 429 g/mol. The molecule has 6 heterocycles. The first-order valence-corrected chi connectivity index (χ1v) is 11.0. The molecule has 0 bridgehead atoms. The Morgan fingerprint density at radius 3 is 2.88 bits per heavy atom. The van der Waals surface area contributed by atoms with Crippen LogP contribution in [-0.4, -0.2) is 42.5 Å². The molecule has 0 spiro atoms. The molecule has 0 saturated heterocycles. The Morgan fingerprint density at radius 1 is 1.06 bits per heavy atom. The maximum atomic E-state index is 12.5.